The fraction of sp³-hybridized carbons (Fsp3) is 0.476. The summed E-state index contributed by atoms with van der Waals surface area (Å²) in [6, 6.07) is 12.7. The lowest BCUT2D eigenvalue weighted by molar-refractivity contribution is 0.296. The highest BCUT2D eigenvalue weighted by Crippen LogP contribution is 2.29. The lowest BCUT2D eigenvalue weighted by Gasteiger charge is -2.33. The number of rotatable bonds is 5. The van der Waals surface area contributed by atoms with Crippen LogP contribution < -0.4 is 0 Å². The van der Waals surface area contributed by atoms with Crippen molar-refractivity contribution in [3.05, 3.63) is 64.5 Å². The van der Waals surface area contributed by atoms with Crippen molar-refractivity contribution in [2.75, 3.05) is 27.2 Å². The molecule has 0 aliphatic carbocycles. The molecule has 1 aromatic carbocycles. The van der Waals surface area contributed by atoms with Gasteiger partial charge in [0.1, 0.15) is 0 Å². The van der Waals surface area contributed by atoms with Crippen molar-refractivity contribution < 1.29 is 8.42 Å². The smallest absolute Gasteiger partial charge is 0.258 e. The number of pyridine rings is 1. The minimum atomic E-state index is -3.38. The summed E-state index contributed by atoms with van der Waals surface area (Å²) in [5.74, 6) is 0.143. The molecule has 2 heterocycles. The Kier molecular flexibility index (Phi) is 5.99. The van der Waals surface area contributed by atoms with E-state index < -0.39 is 10.2 Å². The summed E-state index contributed by atoms with van der Waals surface area (Å²) in [6.07, 6.45) is 2.70. The van der Waals surface area contributed by atoms with Crippen LogP contribution in [0, 0.1) is 13.8 Å². The van der Waals surface area contributed by atoms with E-state index in [4.69, 9.17) is 4.98 Å². The van der Waals surface area contributed by atoms with Crippen LogP contribution >= 0.6 is 0 Å². The summed E-state index contributed by atoms with van der Waals surface area (Å²) >= 11 is 0. The van der Waals surface area contributed by atoms with Crippen molar-refractivity contribution in [1.82, 2.24) is 13.6 Å². The summed E-state index contributed by atoms with van der Waals surface area (Å²) in [6.45, 7) is 5.23. The first kappa shape index (κ1) is 20.0. The number of aryl methyl sites for hydroxylation is 2. The standard InChI is InChI=1S/C21H29N3O2S/c1-16-8-5-6-9-19(16)13-18-12-17(2)22-21(14-18)20-10-7-11-24(15-20)27(25,26)23(3)4/h5-6,8-9,12,14,20H,7,10-11,13,15H2,1-4H3. The van der Waals surface area contributed by atoms with Gasteiger partial charge in [-0.1, -0.05) is 24.3 Å². The SMILES string of the molecule is Cc1cc(Cc2ccccc2C)cc(C2CCCN(S(=O)(=O)N(C)C)C2)n1. The zero-order valence-corrected chi connectivity index (χ0v) is 17.5. The number of piperidine rings is 1. The van der Waals surface area contributed by atoms with Crippen molar-refractivity contribution >= 4 is 10.2 Å². The number of hydrogen-bond acceptors (Lipinski definition) is 3. The number of nitrogens with zero attached hydrogens (tertiary/aromatic N) is 3. The Morgan fingerprint density at radius 3 is 2.63 bits per heavy atom. The highest BCUT2D eigenvalue weighted by molar-refractivity contribution is 7.86. The molecule has 1 aromatic heterocycles. The Bertz CT molecular complexity index is 909. The zero-order valence-electron chi connectivity index (χ0n) is 16.6. The molecule has 146 valence electrons. The largest absolute Gasteiger partial charge is 0.281 e. The van der Waals surface area contributed by atoms with Gasteiger partial charge in [-0.3, -0.25) is 4.98 Å². The Balaban J connectivity index is 1.84. The molecular weight excluding hydrogens is 358 g/mol. The molecule has 1 saturated heterocycles. The minimum absolute atomic E-state index is 0.143. The second-order valence-electron chi connectivity index (χ2n) is 7.63. The van der Waals surface area contributed by atoms with E-state index in [2.05, 4.69) is 43.3 Å². The molecule has 5 nitrogen and oxygen atoms in total. The number of benzene rings is 1. The molecule has 0 saturated carbocycles. The van der Waals surface area contributed by atoms with Gasteiger partial charge in [0.15, 0.2) is 0 Å². The minimum Gasteiger partial charge on any atom is -0.258 e. The van der Waals surface area contributed by atoms with Gasteiger partial charge in [0.05, 0.1) is 0 Å². The van der Waals surface area contributed by atoms with E-state index in [1.807, 2.05) is 6.92 Å². The van der Waals surface area contributed by atoms with Gasteiger partial charge in [0.2, 0.25) is 0 Å². The molecule has 0 bridgehead atoms. The highest BCUT2D eigenvalue weighted by Gasteiger charge is 2.31. The quantitative estimate of drug-likeness (QED) is 0.791. The fourth-order valence-corrected chi connectivity index (χ4v) is 4.92. The summed E-state index contributed by atoms with van der Waals surface area (Å²) in [4.78, 5) is 4.75. The molecule has 1 aliphatic heterocycles. The lowest BCUT2D eigenvalue weighted by atomic mass is 9.93. The Morgan fingerprint density at radius 1 is 1.19 bits per heavy atom. The van der Waals surface area contributed by atoms with E-state index in [1.54, 1.807) is 18.4 Å². The monoisotopic (exact) mass is 387 g/mol. The van der Waals surface area contributed by atoms with Gasteiger partial charge in [-0.15, -0.1) is 0 Å². The van der Waals surface area contributed by atoms with Crippen molar-refractivity contribution in [3.63, 3.8) is 0 Å². The first-order chi connectivity index (χ1) is 12.8. The van der Waals surface area contributed by atoms with Crippen molar-refractivity contribution in [1.29, 1.82) is 0 Å². The maximum atomic E-state index is 12.5. The van der Waals surface area contributed by atoms with Crippen LogP contribution in [0.3, 0.4) is 0 Å². The van der Waals surface area contributed by atoms with Crippen LogP contribution in [0.25, 0.3) is 0 Å². The Hall–Kier alpha value is -1.76. The molecule has 0 N–H and O–H groups in total. The molecular formula is C21H29N3O2S. The highest BCUT2D eigenvalue weighted by atomic mass is 32.2. The normalized spacial score (nSPS) is 18.8. The summed E-state index contributed by atoms with van der Waals surface area (Å²) in [7, 11) is -0.201. The molecule has 6 heteroatoms. The summed E-state index contributed by atoms with van der Waals surface area (Å²) < 4.78 is 27.9. The predicted molar refractivity (Wildman–Crippen MR) is 109 cm³/mol. The lowest BCUT2D eigenvalue weighted by Crippen LogP contribution is -2.45. The average molecular weight is 388 g/mol. The van der Waals surface area contributed by atoms with Crippen LogP contribution in [0.4, 0.5) is 0 Å². The number of hydrogen-bond donors (Lipinski definition) is 0. The number of aromatic nitrogens is 1. The average Bonchev–Trinajstić information content (AvgIpc) is 2.63. The van der Waals surface area contributed by atoms with E-state index in [1.165, 1.54) is 21.0 Å². The van der Waals surface area contributed by atoms with Gasteiger partial charge < -0.3 is 0 Å². The first-order valence-corrected chi connectivity index (χ1v) is 10.9. The van der Waals surface area contributed by atoms with Crippen molar-refractivity contribution in [2.45, 2.75) is 39.0 Å². The maximum Gasteiger partial charge on any atom is 0.281 e. The fourth-order valence-electron chi connectivity index (χ4n) is 3.73. The van der Waals surface area contributed by atoms with Crippen LogP contribution in [-0.2, 0) is 16.6 Å². The van der Waals surface area contributed by atoms with E-state index in [-0.39, 0.29) is 5.92 Å². The van der Waals surface area contributed by atoms with E-state index in [0.717, 1.165) is 30.7 Å². The van der Waals surface area contributed by atoms with Gasteiger partial charge in [-0.25, -0.2) is 0 Å². The zero-order chi connectivity index (χ0) is 19.6. The second-order valence-corrected chi connectivity index (χ2v) is 9.77. The van der Waals surface area contributed by atoms with Crippen LogP contribution in [0.1, 0.15) is 46.8 Å². The molecule has 2 aromatic rings. The third-order valence-electron chi connectivity index (χ3n) is 5.28. The van der Waals surface area contributed by atoms with Gasteiger partial charge in [-0.2, -0.15) is 17.0 Å². The van der Waals surface area contributed by atoms with Crippen molar-refractivity contribution in [2.24, 2.45) is 0 Å². The third kappa shape index (κ3) is 4.57. The van der Waals surface area contributed by atoms with E-state index >= 15 is 0 Å². The molecule has 1 unspecified atom stereocenters. The third-order valence-corrected chi connectivity index (χ3v) is 7.19. The molecule has 0 radical (unpaired) electrons. The predicted octanol–water partition coefficient (Wildman–Crippen LogP) is 3.28. The Morgan fingerprint density at radius 2 is 1.93 bits per heavy atom. The van der Waals surface area contributed by atoms with Crippen LogP contribution in [0.15, 0.2) is 36.4 Å². The maximum absolute atomic E-state index is 12.5. The Labute approximate surface area is 163 Å². The molecule has 1 aliphatic rings. The van der Waals surface area contributed by atoms with Crippen LogP contribution in [-0.4, -0.2) is 49.2 Å². The van der Waals surface area contributed by atoms with Crippen molar-refractivity contribution in [3.8, 4) is 0 Å². The summed E-state index contributed by atoms with van der Waals surface area (Å²) in [5, 5.41) is 0. The van der Waals surface area contributed by atoms with Gasteiger partial charge in [0, 0.05) is 44.5 Å². The molecule has 1 atom stereocenters. The second kappa shape index (κ2) is 8.09. The van der Waals surface area contributed by atoms with Gasteiger partial charge >= 0.3 is 0 Å². The molecule has 27 heavy (non-hydrogen) atoms. The summed E-state index contributed by atoms with van der Waals surface area (Å²) in [5.41, 5.74) is 5.84. The van der Waals surface area contributed by atoms with Crippen LogP contribution in [0.2, 0.25) is 0 Å². The first-order valence-electron chi connectivity index (χ1n) is 9.47. The van der Waals surface area contributed by atoms with E-state index in [9.17, 15) is 8.42 Å². The molecule has 1 fully saturated rings. The molecule has 0 spiro atoms. The topological polar surface area (TPSA) is 53.5 Å². The van der Waals surface area contributed by atoms with Crippen LogP contribution in [0.5, 0.6) is 0 Å². The van der Waals surface area contributed by atoms with E-state index in [0.29, 0.717) is 13.1 Å². The molecule has 0 amide bonds. The van der Waals surface area contributed by atoms with Gasteiger partial charge in [0.25, 0.3) is 10.2 Å². The van der Waals surface area contributed by atoms with Gasteiger partial charge in [-0.05, 0) is 61.9 Å². The molecule has 3 rings (SSSR count).